The highest BCUT2D eigenvalue weighted by molar-refractivity contribution is 6.12. The average Bonchev–Trinajstić information content (AvgIpc) is 3.17. The Balaban J connectivity index is 1.30. The van der Waals surface area contributed by atoms with Crippen LogP contribution in [0.25, 0.3) is 6.08 Å². The Labute approximate surface area is 197 Å². The number of benzene rings is 3. The fraction of sp³-hybridized carbons (Fsp3) is 0.143. The van der Waals surface area contributed by atoms with Crippen LogP contribution in [0.4, 0.5) is 0 Å². The molecule has 0 fully saturated rings. The smallest absolute Gasteiger partial charge is 0.337 e. The highest BCUT2D eigenvalue weighted by Gasteiger charge is 2.29. The molecule has 1 atom stereocenters. The van der Waals surface area contributed by atoms with Gasteiger partial charge in [-0.2, -0.15) is 0 Å². The van der Waals surface area contributed by atoms with Crippen LogP contribution >= 0.6 is 0 Å². The van der Waals surface area contributed by atoms with E-state index in [-0.39, 0.29) is 23.6 Å². The van der Waals surface area contributed by atoms with E-state index < -0.39 is 0 Å². The fourth-order valence-electron chi connectivity index (χ4n) is 3.85. The minimum Gasteiger partial charge on any atom is -0.489 e. The van der Waals surface area contributed by atoms with Gasteiger partial charge >= 0.3 is 5.97 Å². The Bertz CT molecular complexity index is 1330. The number of hydrogen-bond acceptors (Lipinski definition) is 6. The molecule has 2 aliphatic rings. The van der Waals surface area contributed by atoms with Gasteiger partial charge in [0.05, 0.1) is 18.2 Å². The maximum absolute atomic E-state index is 12.9. The number of ketones is 1. The molecule has 0 saturated heterocycles. The summed E-state index contributed by atoms with van der Waals surface area (Å²) in [6.07, 6.45) is 3.55. The molecule has 2 aliphatic heterocycles. The molecule has 170 valence electrons. The molecule has 5 rings (SSSR count). The lowest BCUT2D eigenvalue weighted by Gasteiger charge is -2.22. The molecule has 0 amide bonds. The van der Waals surface area contributed by atoms with Gasteiger partial charge in [-0.15, -0.1) is 0 Å². The second-order valence-corrected chi connectivity index (χ2v) is 8.02. The summed E-state index contributed by atoms with van der Waals surface area (Å²) < 4.78 is 22.4. The molecule has 2 heterocycles. The average molecular weight is 454 g/mol. The van der Waals surface area contributed by atoms with Crippen molar-refractivity contribution in [2.45, 2.75) is 19.6 Å². The van der Waals surface area contributed by atoms with E-state index in [1.54, 1.807) is 48.5 Å². The predicted molar refractivity (Wildman–Crippen MR) is 126 cm³/mol. The second kappa shape index (κ2) is 8.90. The summed E-state index contributed by atoms with van der Waals surface area (Å²) in [6.45, 7) is 2.24. The lowest BCUT2D eigenvalue weighted by Crippen LogP contribution is -2.18. The minimum absolute atomic E-state index is 0.174. The van der Waals surface area contributed by atoms with Crippen LogP contribution in [0, 0.1) is 0 Å². The van der Waals surface area contributed by atoms with Crippen molar-refractivity contribution in [3.63, 3.8) is 0 Å². The number of Topliss-reactive ketones (excluding diaryl/α,β-unsaturated/α-hetero) is 1. The van der Waals surface area contributed by atoms with Crippen molar-refractivity contribution in [3.05, 3.63) is 106 Å². The third-order valence-corrected chi connectivity index (χ3v) is 5.73. The van der Waals surface area contributed by atoms with Gasteiger partial charge in [-0.05, 0) is 60.5 Å². The van der Waals surface area contributed by atoms with E-state index in [2.05, 4.69) is 0 Å². The monoisotopic (exact) mass is 454 g/mol. The molecule has 0 spiro atoms. The van der Waals surface area contributed by atoms with Gasteiger partial charge in [-0.3, -0.25) is 4.79 Å². The summed E-state index contributed by atoms with van der Waals surface area (Å²) in [7, 11) is 1.35. The summed E-state index contributed by atoms with van der Waals surface area (Å²) in [4.78, 5) is 24.4. The van der Waals surface area contributed by atoms with E-state index in [9.17, 15) is 9.59 Å². The number of methoxy groups -OCH3 is 1. The van der Waals surface area contributed by atoms with Crippen molar-refractivity contribution >= 4 is 17.8 Å². The lowest BCUT2D eigenvalue weighted by molar-refractivity contribution is 0.0600. The molecule has 3 aromatic carbocycles. The number of allylic oxidation sites excluding steroid dienone is 1. The van der Waals surface area contributed by atoms with Gasteiger partial charge in [0, 0.05) is 11.6 Å². The van der Waals surface area contributed by atoms with Gasteiger partial charge in [0.2, 0.25) is 5.78 Å². The molecule has 0 radical (unpaired) electrons. The van der Waals surface area contributed by atoms with E-state index in [1.807, 2.05) is 37.3 Å². The second-order valence-electron chi connectivity index (χ2n) is 8.02. The topological polar surface area (TPSA) is 71.1 Å². The number of rotatable bonds is 5. The molecule has 6 nitrogen and oxygen atoms in total. The third-order valence-electron chi connectivity index (χ3n) is 5.73. The van der Waals surface area contributed by atoms with Crippen LogP contribution in [0.5, 0.6) is 17.2 Å². The summed E-state index contributed by atoms with van der Waals surface area (Å²) in [5, 5.41) is 0. The van der Waals surface area contributed by atoms with Gasteiger partial charge in [-0.1, -0.05) is 30.3 Å². The molecular formula is C28H22O6. The quantitative estimate of drug-likeness (QED) is 0.381. The fourth-order valence-corrected chi connectivity index (χ4v) is 3.85. The van der Waals surface area contributed by atoms with Crippen LogP contribution in [0.3, 0.4) is 0 Å². The Morgan fingerprint density at radius 3 is 2.62 bits per heavy atom. The van der Waals surface area contributed by atoms with Crippen LogP contribution in [-0.4, -0.2) is 25.0 Å². The van der Waals surface area contributed by atoms with E-state index in [1.165, 1.54) is 7.11 Å². The standard InChI is InChI=1S/C28H22O6/c1-17-21(13-20-5-3-4-6-24(20)33-17)14-26-27(29)23-12-11-22(15-25(23)34-26)32-16-18-7-9-19(10-8-18)28(30)31-2/h3-15,17H,16H2,1-2H3/b26-14-/t17-/m1/s1. The normalized spacial score (nSPS) is 17.2. The molecule has 0 N–H and O–H groups in total. The van der Waals surface area contributed by atoms with Crippen molar-refractivity contribution in [1.29, 1.82) is 0 Å². The zero-order valence-corrected chi connectivity index (χ0v) is 18.7. The van der Waals surface area contributed by atoms with Crippen molar-refractivity contribution < 1.29 is 28.5 Å². The Morgan fingerprint density at radius 2 is 1.82 bits per heavy atom. The maximum atomic E-state index is 12.9. The first-order chi connectivity index (χ1) is 16.5. The van der Waals surface area contributed by atoms with Crippen molar-refractivity contribution in [3.8, 4) is 17.2 Å². The van der Waals surface area contributed by atoms with Gasteiger partial charge in [-0.25, -0.2) is 4.79 Å². The number of esters is 1. The van der Waals surface area contributed by atoms with Crippen LogP contribution in [0.15, 0.2) is 84.1 Å². The van der Waals surface area contributed by atoms with Crippen LogP contribution in [0.1, 0.15) is 38.8 Å². The van der Waals surface area contributed by atoms with E-state index in [0.29, 0.717) is 29.2 Å². The zero-order chi connectivity index (χ0) is 23.7. The molecule has 0 aliphatic carbocycles. The van der Waals surface area contributed by atoms with E-state index >= 15 is 0 Å². The predicted octanol–water partition coefficient (Wildman–Crippen LogP) is 5.38. The number of hydrogen-bond donors (Lipinski definition) is 0. The van der Waals surface area contributed by atoms with Crippen molar-refractivity contribution in [2.24, 2.45) is 0 Å². The summed E-state index contributed by atoms with van der Waals surface area (Å²) in [5.74, 6) is 1.55. The highest BCUT2D eigenvalue weighted by Crippen LogP contribution is 2.36. The Morgan fingerprint density at radius 1 is 1.03 bits per heavy atom. The first-order valence-electron chi connectivity index (χ1n) is 10.9. The van der Waals surface area contributed by atoms with Gasteiger partial charge in [0.15, 0.2) is 5.76 Å². The van der Waals surface area contributed by atoms with Gasteiger partial charge in [0.25, 0.3) is 0 Å². The number of carbonyl (C=O) groups is 2. The molecule has 0 unspecified atom stereocenters. The SMILES string of the molecule is COC(=O)c1ccc(COc2ccc3c(c2)O/C(=C\C2=Cc4ccccc4O[C@@H]2C)C3=O)cc1. The number of fused-ring (bicyclic) bond motifs is 2. The third kappa shape index (κ3) is 4.18. The molecule has 6 heteroatoms. The summed E-state index contributed by atoms with van der Waals surface area (Å²) in [6, 6.07) is 19.9. The zero-order valence-electron chi connectivity index (χ0n) is 18.7. The van der Waals surface area contributed by atoms with Crippen molar-refractivity contribution in [1.82, 2.24) is 0 Å². The molecular weight excluding hydrogens is 432 g/mol. The molecule has 3 aromatic rings. The van der Waals surface area contributed by atoms with Crippen LogP contribution in [0.2, 0.25) is 0 Å². The molecule has 0 bridgehead atoms. The highest BCUT2D eigenvalue weighted by atomic mass is 16.5. The van der Waals surface area contributed by atoms with E-state index in [0.717, 1.165) is 22.4 Å². The van der Waals surface area contributed by atoms with Gasteiger partial charge in [0.1, 0.15) is 30.0 Å². The van der Waals surface area contributed by atoms with Crippen molar-refractivity contribution in [2.75, 3.05) is 7.11 Å². The van der Waals surface area contributed by atoms with E-state index in [4.69, 9.17) is 18.9 Å². The van der Waals surface area contributed by atoms with Crippen LogP contribution in [-0.2, 0) is 11.3 Å². The summed E-state index contributed by atoms with van der Waals surface area (Å²) in [5.41, 5.74) is 3.69. The molecule has 34 heavy (non-hydrogen) atoms. The van der Waals surface area contributed by atoms with Gasteiger partial charge < -0.3 is 18.9 Å². The maximum Gasteiger partial charge on any atom is 0.337 e. The lowest BCUT2D eigenvalue weighted by atomic mass is 10.0. The number of carbonyl (C=O) groups excluding carboxylic acids is 2. The molecule has 0 saturated carbocycles. The first-order valence-corrected chi connectivity index (χ1v) is 10.9. The molecule has 0 aromatic heterocycles. The number of ether oxygens (including phenoxy) is 4. The summed E-state index contributed by atoms with van der Waals surface area (Å²) >= 11 is 0. The Hall–Kier alpha value is -4.32. The minimum atomic E-state index is -0.383. The first kappa shape index (κ1) is 21.5. The Kier molecular flexibility index (Phi) is 5.64. The number of para-hydroxylation sites is 1. The largest absolute Gasteiger partial charge is 0.489 e. The van der Waals surface area contributed by atoms with Crippen LogP contribution < -0.4 is 14.2 Å².